The van der Waals surface area contributed by atoms with Gasteiger partial charge in [-0.1, -0.05) is 72.3 Å². The third-order valence-electron chi connectivity index (χ3n) is 4.50. The summed E-state index contributed by atoms with van der Waals surface area (Å²) in [6.07, 6.45) is 1.83. The lowest BCUT2D eigenvalue weighted by molar-refractivity contribution is -0.116. The zero-order valence-corrected chi connectivity index (χ0v) is 16.6. The minimum Gasteiger partial charge on any atom is -0.497 e. The van der Waals surface area contributed by atoms with Crippen LogP contribution in [0.4, 0.5) is 0 Å². The zero-order valence-electron chi connectivity index (χ0n) is 15.9. The molecule has 1 atom stereocenters. The molecule has 0 saturated carbocycles. The zero-order chi connectivity index (χ0) is 19.9. The van der Waals surface area contributed by atoms with Gasteiger partial charge < -0.3 is 10.1 Å². The lowest BCUT2D eigenvalue weighted by Crippen LogP contribution is -2.27. The van der Waals surface area contributed by atoms with Crippen molar-refractivity contribution in [3.63, 3.8) is 0 Å². The van der Waals surface area contributed by atoms with Crippen molar-refractivity contribution in [2.75, 3.05) is 7.11 Å². The van der Waals surface area contributed by atoms with Gasteiger partial charge in [-0.05, 0) is 47.9 Å². The predicted octanol–water partition coefficient (Wildman–Crippen LogP) is 5.77. The molecule has 0 aromatic heterocycles. The number of amides is 1. The molecule has 3 rings (SSSR count). The molecule has 0 aliphatic carbocycles. The molecular formula is C24H22ClNO2. The molecule has 0 radical (unpaired) electrons. The number of hydrogen-bond donors (Lipinski definition) is 1. The average molecular weight is 392 g/mol. The van der Waals surface area contributed by atoms with Gasteiger partial charge >= 0.3 is 0 Å². The molecule has 0 heterocycles. The van der Waals surface area contributed by atoms with E-state index in [1.165, 1.54) is 0 Å². The Kier molecular flexibility index (Phi) is 6.51. The summed E-state index contributed by atoms with van der Waals surface area (Å²) >= 11 is 6.30. The van der Waals surface area contributed by atoms with Gasteiger partial charge in [-0.3, -0.25) is 4.79 Å². The molecule has 1 N–H and O–H groups in total. The average Bonchev–Trinajstić information content (AvgIpc) is 2.73. The largest absolute Gasteiger partial charge is 0.497 e. The topological polar surface area (TPSA) is 38.3 Å². The number of carbonyl (C=O) groups excluding carboxylic acids is 1. The van der Waals surface area contributed by atoms with Crippen LogP contribution in [0.15, 0.2) is 78.9 Å². The molecule has 0 spiro atoms. The highest BCUT2D eigenvalue weighted by Crippen LogP contribution is 2.25. The fourth-order valence-corrected chi connectivity index (χ4v) is 3.09. The highest BCUT2D eigenvalue weighted by Gasteiger charge is 2.16. The first-order chi connectivity index (χ1) is 13.6. The molecule has 1 unspecified atom stereocenters. The van der Waals surface area contributed by atoms with E-state index in [2.05, 4.69) is 5.32 Å². The Labute approximate surface area is 170 Å². The van der Waals surface area contributed by atoms with Gasteiger partial charge in [0.1, 0.15) is 5.75 Å². The van der Waals surface area contributed by atoms with Crippen molar-refractivity contribution in [2.24, 2.45) is 0 Å². The van der Waals surface area contributed by atoms with Crippen molar-refractivity contribution >= 4 is 29.2 Å². The summed E-state index contributed by atoms with van der Waals surface area (Å²) in [5.74, 6) is 0.625. The molecule has 1 amide bonds. The third-order valence-corrected chi connectivity index (χ3v) is 4.84. The Morgan fingerprint density at radius 3 is 2.25 bits per heavy atom. The van der Waals surface area contributed by atoms with Gasteiger partial charge in [0.25, 0.3) is 5.91 Å². The number of methoxy groups -OCH3 is 1. The fraction of sp³-hybridized carbons (Fsp3) is 0.125. The van der Waals surface area contributed by atoms with E-state index in [-0.39, 0.29) is 11.9 Å². The van der Waals surface area contributed by atoms with Gasteiger partial charge in [0.15, 0.2) is 0 Å². The summed E-state index contributed by atoms with van der Waals surface area (Å²) in [5.41, 5.74) is 3.20. The van der Waals surface area contributed by atoms with Crippen molar-refractivity contribution in [3.05, 3.63) is 101 Å². The lowest BCUT2D eigenvalue weighted by Gasteiger charge is -2.17. The third kappa shape index (κ3) is 4.81. The summed E-state index contributed by atoms with van der Waals surface area (Å²) in [5, 5.41) is 3.68. The van der Waals surface area contributed by atoms with Gasteiger partial charge in [-0.15, -0.1) is 0 Å². The van der Waals surface area contributed by atoms with Crippen LogP contribution in [0.25, 0.3) is 11.6 Å². The van der Waals surface area contributed by atoms with Crippen LogP contribution in [0.2, 0.25) is 5.02 Å². The normalized spacial score (nSPS) is 12.3. The monoisotopic (exact) mass is 391 g/mol. The van der Waals surface area contributed by atoms with Crippen LogP contribution in [0, 0.1) is 0 Å². The summed E-state index contributed by atoms with van der Waals surface area (Å²) in [6.45, 7) is 1.96. The summed E-state index contributed by atoms with van der Waals surface area (Å²) < 4.78 is 5.19. The van der Waals surface area contributed by atoms with Crippen LogP contribution in [0.1, 0.15) is 29.7 Å². The Morgan fingerprint density at radius 1 is 0.964 bits per heavy atom. The van der Waals surface area contributed by atoms with E-state index in [0.717, 1.165) is 22.4 Å². The van der Waals surface area contributed by atoms with E-state index in [1.807, 2.05) is 91.9 Å². The van der Waals surface area contributed by atoms with E-state index < -0.39 is 0 Å². The van der Waals surface area contributed by atoms with Gasteiger partial charge in [0.2, 0.25) is 0 Å². The molecular weight excluding hydrogens is 370 g/mol. The molecule has 0 aliphatic heterocycles. The number of ether oxygens (including phenoxy) is 1. The summed E-state index contributed by atoms with van der Waals surface area (Å²) in [7, 11) is 1.63. The van der Waals surface area contributed by atoms with Crippen molar-refractivity contribution in [3.8, 4) is 5.75 Å². The van der Waals surface area contributed by atoms with Gasteiger partial charge in [-0.25, -0.2) is 0 Å². The maximum atomic E-state index is 13.1. The van der Waals surface area contributed by atoms with Crippen LogP contribution in [0.5, 0.6) is 5.75 Å². The van der Waals surface area contributed by atoms with Gasteiger partial charge in [0.05, 0.1) is 13.2 Å². The SMILES string of the molecule is COc1ccc(C(C)NC(=O)/C(=C/c2ccccc2Cl)c2ccccc2)cc1. The van der Waals surface area contributed by atoms with E-state index in [4.69, 9.17) is 16.3 Å². The molecule has 0 aliphatic rings. The summed E-state index contributed by atoms with van der Waals surface area (Å²) in [6, 6.07) is 24.6. The molecule has 0 saturated heterocycles. The van der Waals surface area contributed by atoms with Gasteiger partial charge in [0, 0.05) is 10.6 Å². The Balaban J connectivity index is 1.89. The number of benzene rings is 3. The highest BCUT2D eigenvalue weighted by atomic mass is 35.5. The quantitative estimate of drug-likeness (QED) is 0.428. The van der Waals surface area contributed by atoms with Crippen molar-refractivity contribution < 1.29 is 9.53 Å². The number of halogens is 1. The summed E-state index contributed by atoms with van der Waals surface area (Å²) in [4.78, 5) is 13.1. The molecule has 0 bridgehead atoms. The minimum atomic E-state index is -0.158. The fourth-order valence-electron chi connectivity index (χ4n) is 2.90. The smallest absolute Gasteiger partial charge is 0.252 e. The molecule has 142 valence electrons. The maximum Gasteiger partial charge on any atom is 0.252 e. The maximum absolute atomic E-state index is 13.1. The van der Waals surface area contributed by atoms with Crippen LogP contribution < -0.4 is 10.1 Å². The highest BCUT2D eigenvalue weighted by molar-refractivity contribution is 6.33. The molecule has 4 heteroatoms. The Morgan fingerprint density at radius 2 is 1.61 bits per heavy atom. The van der Waals surface area contributed by atoms with Crippen LogP contribution >= 0.6 is 11.6 Å². The number of hydrogen-bond acceptors (Lipinski definition) is 2. The first kappa shape index (κ1) is 19.7. The van der Waals surface area contributed by atoms with Crippen LogP contribution in [0.3, 0.4) is 0 Å². The molecule has 0 fully saturated rings. The molecule has 3 aromatic rings. The molecule has 3 nitrogen and oxygen atoms in total. The first-order valence-corrected chi connectivity index (χ1v) is 9.42. The first-order valence-electron chi connectivity index (χ1n) is 9.05. The molecule has 28 heavy (non-hydrogen) atoms. The second kappa shape index (κ2) is 9.25. The van der Waals surface area contributed by atoms with Crippen LogP contribution in [-0.4, -0.2) is 13.0 Å². The van der Waals surface area contributed by atoms with Crippen molar-refractivity contribution in [1.29, 1.82) is 0 Å². The van der Waals surface area contributed by atoms with E-state index >= 15 is 0 Å². The van der Waals surface area contributed by atoms with E-state index in [9.17, 15) is 4.79 Å². The van der Waals surface area contributed by atoms with Crippen LogP contribution in [-0.2, 0) is 4.79 Å². The van der Waals surface area contributed by atoms with Gasteiger partial charge in [-0.2, -0.15) is 0 Å². The number of carbonyl (C=O) groups is 1. The Hall–Kier alpha value is -3.04. The van der Waals surface area contributed by atoms with E-state index in [1.54, 1.807) is 7.11 Å². The predicted molar refractivity (Wildman–Crippen MR) is 115 cm³/mol. The van der Waals surface area contributed by atoms with E-state index in [0.29, 0.717) is 10.6 Å². The number of nitrogens with one attached hydrogen (secondary N) is 1. The van der Waals surface area contributed by atoms with Crippen molar-refractivity contribution in [2.45, 2.75) is 13.0 Å². The standard InChI is InChI=1S/C24H22ClNO2/c1-17(18-12-14-21(28-2)15-13-18)26-24(27)22(19-8-4-3-5-9-19)16-20-10-6-7-11-23(20)25/h3-17H,1-2H3,(H,26,27)/b22-16+. The molecule has 3 aromatic carbocycles. The second-order valence-electron chi connectivity index (χ2n) is 6.41. The van der Waals surface area contributed by atoms with Crippen molar-refractivity contribution in [1.82, 2.24) is 5.32 Å². The lowest BCUT2D eigenvalue weighted by atomic mass is 10.0. The minimum absolute atomic E-state index is 0.156. The second-order valence-corrected chi connectivity index (χ2v) is 6.82. The Bertz CT molecular complexity index is 965. The number of rotatable bonds is 6.